The van der Waals surface area contributed by atoms with Crippen LogP contribution in [0, 0.1) is 0 Å². The number of hydrogen-bond acceptors (Lipinski definition) is 6. The third kappa shape index (κ3) is 4.51. The zero-order valence-corrected chi connectivity index (χ0v) is 9.76. The predicted octanol–water partition coefficient (Wildman–Crippen LogP) is -1.77. The Bertz CT molecular complexity index is 393. The van der Waals surface area contributed by atoms with Gasteiger partial charge in [0, 0.05) is 19.2 Å². The number of aliphatic hydroxyl groups is 2. The van der Waals surface area contributed by atoms with Gasteiger partial charge in [0.15, 0.2) is 0 Å². The van der Waals surface area contributed by atoms with E-state index in [2.05, 4.69) is 15.7 Å². The minimum absolute atomic E-state index is 0.00781. The first-order chi connectivity index (χ1) is 8.17. The lowest BCUT2D eigenvalue weighted by molar-refractivity contribution is 0.0770. The summed E-state index contributed by atoms with van der Waals surface area (Å²) in [6.45, 7) is 1.08. The smallest absolute Gasteiger partial charge is 0.268 e. The van der Waals surface area contributed by atoms with Gasteiger partial charge >= 0.3 is 0 Å². The summed E-state index contributed by atoms with van der Waals surface area (Å²) < 4.78 is 1.12. The Kier molecular flexibility index (Phi) is 5.61. The summed E-state index contributed by atoms with van der Waals surface area (Å²) in [5.74, 6) is 0. The summed E-state index contributed by atoms with van der Waals surface area (Å²) in [6.07, 6.45) is 0.546. The molecule has 0 aromatic carbocycles. The SMILES string of the molecule is CNCCNc1cnn(CC(O)CO)c(=O)c1. The van der Waals surface area contributed by atoms with Crippen molar-refractivity contribution < 1.29 is 10.2 Å². The molecule has 0 amide bonds. The van der Waals surface area contributed by atoms with Crippen LogP contribution in [0.25, 0.3) is 0 Å². The fourth-order valence-corrected chi connectivity index (χ4v) is 1.26. The number of anilines is 1. The van der Waals surface area contributed by atoms with Crippen LogP contribution in [0.3, 0.4) is 0 Å². The molecule has 96 valence electrons. The fraction of sp³-hybridized carbons (Fsp3) is 0.600. The van der Waals surface area contributed by atoms with Gasteiger partial charge in [-0.05, 0) is 7.05 Å². The Balaban J connectivity index is 2.63. The van der Waals surface area contributed by atoms with Gasteiger partial charge in [-0.1, -0.05) is 0 Å². The molecule has 0 fully saturated rings. The first-order valence-electron chi connectivity index (χ1n) is 5.42. The van der Waals surface area contributed by atoms with E-state index in [4.69, 9.17) is 5.11 Å². The van der Waals surface area contributed by atoms with E-state index < -0.39 is 12.7 Å². The highest BCUT2D eigenvalue weighted by atomic mass is 16.3. The van der Waals surface area contributed by atoms with Crippen LogP contribution in [-0.4, -0.2) is 52.8 Å². The Hall–Kier alpha value is -1.44. The zero-order chi connectivity index (χ0) is 12.7. The third-order valence-corrected chi connectivity index (χ3v) is 2.17. The average Bonchev–Trinajstić information content (AvgIpc) is 2.32. The van der Waals surface area contributed by atoms with Gasteiger partial charge in [-0.15, -0.1) is 0 Å². The number of aromatic nitrogens is 2. The van der Waals surface area contributed by atoms with Crippen LogP contribution in [0.4, 0.5) is 5.69 Å². The van der Waals surface area contributed by atoms with E-state index in [1.165, 1.54) is 12.3 Å². The Labute approximate surface area is 99.1 Å². The molecule has 0 radical (unpaired) electrons. The number of rotatable bonds is 7. The summed E-state index contributed by atoms with van der Waals surface area (Å²) >= 11 is 0. The average molecular weight is 242 g/mol. The van der Waals surface area contributed by atoms with Gasteiger partial charge in [-0.25, -0.2) is 4.68 Å². The molecule has 0 aliphatic heterocycles. The van der Waals surface area contributed by atoms with E-state index in [1.54, 1.807) is 0 Å². The second-order valence-corrected chi connectivity index (χ2v) is 3.63. The molecule has 0 spiro atoms. The summed E-state index contributed by atoms with van der Waals surface area (Å²) in [5, 5.41) is 27.8. The van der Waals surface area contributed by atoms with Gasteiger partial charge < -0.3 is 20.8 Å². The number of nitrogens with one attached hydrogen (secondary N) is 2. The zero-order valence-electron chi connectivity index (χ0n) is 9.76. The van der Waals surface area contributed by atoms with E-state index >= 15 is 0 Å². The number of nitrogens with zero attached hydrogens (tertiary/aromatic N) is 2. The molecular weight excluding hydrogens is 224 g/mol. The van der Waals surface area contributed by atoms with E-state index in [-0.39, 0.29) is 12.1 Å². The van der Waals surface area contributed by atoms with Crippen LogP contribution in [0.2, 0.25) is 0 Å². The van der Waals surface area contributed by atoms with Crippen molar-refractivity contribution in [2.45, 2.75) is 12.6 Å². The van der Waals surface area contributed by atoms with E-state index in [0.29, 0.717) is 12.2 Å². The Morgan fingerprint density at radius 1 is 1.53 bits per heavy atom. The number of aliphatic hydroxyl groups excluding tert-OH is 2. The van der Waals surface area contributed by atoms with Gasteiger partial charge in [0.05, 0.1) is 31.1 Å². The van der Waals surface area contributed by atoms with Crippen molar-refractivity contribution in [2.75, 3.05) is 32.1 Å². The monoisotopic (exact) mass is 242 g/mol. The molecule has 1 unspecified atom stereocenters. The third-order valence-electron chi connectivity index (χ3n) is 2.17. The van der Waals surface area contributed by atoms with Crippen LogP contribution in [0.5, 0.6) is 0 Å². The molecule has 7 heteroatoms. The molecule has 0 aliphatic carbocycles. The first kappa shape index (κ1) is 13.6. The molecule has 4 N–H and O–H groups in total. The summed E-state index contributed by atoms with van der Waals surface area (Å²) in [4.78, 5) is 11.6. The van der Waals surface area contributed by atoms with Gasteiger partial charge in [-0.3, -0.25) is 4.79 Å². The molecule has 0 aliphatic rings. The van der Waals surface area contributed by atoms with E-state index in [9.17, 15) is 9.90 Å². The van der Waals surface area contributed by atoms with E-state index in [1.807, 2.05) is 7.05 Å². The molecule has 0 saturated carbocycles. The lowest BCUT2D eigenvalue weighted by Gasteiger charge is -2.10. The van der Waals surface area contributed by atoms with Gasteiger partial charge in [-0.2, -0.15) is 5.10 Å². The van der Waals surface area contributed by atoms with Crippen molar-refractivity contribution in [1.29, 1.82) is 0 Å². The predicted molar refractivity (Wildman–Crippen MR) is 64.0 cm³/mol. The molecule has 1 aromatic rings. The number of hydrogen-bond donors (Lipinski definition) is 4. The maximum Gasteiger partial charge on any atom is 0.268 e. The second-order valence-electron chi connectivity index (χ2n) is 3.63. The Morgan fingerprint density at radius 3 is 2.88 bits per heavy atom. The van der Waals surface area contributed by atoms with Crippen LogP contribution in [0.1, 0.15) is 0 Å². The summed E-state index contributed by atoms with van der Waals surface area (Å²) in [5.41, 5.74) is 0.326. The summed E-state index contributed by atoms with van der Waals surface area (Å²) in [7, 11) is 1.84. The molecule has 0 saturated heterocycles. The van der Waals surface area contributed by atoms with Crippen molar-refractivity contribution in [3.8, 4) is 0 Å². The molecule has 17 heavy (non-hydrogen) atoms. The minimum Gasteiger partial charge on any atom is -0.394 e. The van der Waals surface area contributed by atoms with Gasteiger partial charge in [0.25, 0.3) is 5.56 Å². The van der Waals surface area contributed by atoms with Crippen molar-refractivity contribution in [3.63, 3.8) is 0 Å². The normalized spacial score (nSPS) is 12.4. The van der Waals surface area contributed by atoms with Crippen LogP contribution in [-0.2, 0) is 6.54 Å². The minimum atomic E-state index is -0.969. The first-order valence-corrected chi connectivity index (χ1v) is 5.42. The quantitative estimate of drug-likeness (QED) is 0.422. The second kappa shape index (κ2) is 7.00. The maximum atomic E-state index is 11.6. The highest BCUT2D eigenvalue weighted by Crippen LogP contribution is 1.98. The topological polar surface area (TPSA) is 99.4 Å². The van der Waals surface area contributed by atoms with Gasteiger partial charge in [0.1, 0.15) is 0 Å². The highest BCUT2D eigenvalue weighted by molar-refractivity contribution is 5.38. The van der Waals surface area contributed by atoms with Crippen molar-refractivity contribution in [1.82, 2.24) is 15.1 Å². The lowest BCUT2D eigenvalue weighted by Crippen LogP contribution is -2.30. The molecule has 1 atom stereocenters. The number of likely N-dealkylation sites (N-methyl/N-ethyl adjacent to an activating group) is 1. The van der Waals surface area contributed by atoms with Crippen molar-refractivity contribution >= 4 is 5.69 Å². The molecule has 0 bridgehead atoms. The Morgan fingerprint density at radius 2 is 2.29 bits per heavy atom. The lowest BCUT2D eigenvalue weighted by atomic mass is 10.4. The summed E-state index contributed by atoms with van der Waals surface area (Å²) in [6, 6.07) is 1.41. The van der Waals surface area contributed by atoms with Crippen molar-refractivity contribution in [3.05, 3.63) is 22.6 Å². The maximum absolute atomic E-state index is 11.6. The highest BCUT2D eigenvalue weighted by Gasteiger charge is 2.06. The molecule has 1 aromatic heterocycles. The van der Waals surface area contributed by atoms with Crippen molar-refractivity contribution in [2.24, 2.45) is 0 Å². The molecule has 1 heterocycles. The fourth-order valence-electron chi connectivity index (χ4n) is 1.26. The molecule has 1 rings (SSSR count). The standard InChI is InChI=1S/C10H18N4O3/c1-11-2-3-12-8-4-10(17)14(13-5-8)6-9(16)7-15/h4-5,9,11-12,15-16H,2-3,6-7H2,1H3. The van der Waals surface area contributed by atoms with Gasteiger partial charge in [0.2, 0.25) is 0 Å². The molecule has 7 nitrogen and oxygen atoms in total. The largest absolute Gasteiger partial charge is 0.394 e. The van der Waals surface area contributed by atoms with Crippen LogP contribution in [0.15, 0.2) is 17.1 Å². The van der Waals surface area contributed by atoms with Crippen LogP contribution < -0.4 is 16.2 Å². The molecular formula is C10H18N4O3. The van der Waals surface area contributed by atoms with Crippen LogP contribution >= 0.6 is 0 Å². The van der Waals surface area contributed by atoms with E-state index in [0.717, 1.165) is 11.2 Å².